The fourth-order valence-corrected chi connectivity index (χ4v) is 1.81. The lowest BCUT2D eigenvalue weighted by Crippen LogP contribution is -2.53. The van der Waals surface area contributed by atoms with E-state index in [4.69, 9.17) is 15.2 Å². The molecule has 13 heavy (non-hydrogen) atoms. The molecule has 0 bridgehead atoms. The first-order valence-electron chi connectivity index (χ1n) is 4.76. The Morgan fingerprint density at radius 2 is 2.38 bits per heavy atom. The van der Waals surface area contributed by atoms with Crippen molar-refractivity contribution in [3.8, 4) is 0 Å². The Bertz CT molecular complexity index is 140. The smallest absolute Gasteiger partial charge is 0.118 e. The molecule has 1 rings (SSSR count). The van der Waals surface area contributed by atoms with Gasteiger partial charge in [-0.25, -0.2) is 0 Å². The molecular formula is C9H19NO3. The molecule has 0 aromatic rings. The number of nitrogens with two attached hydrogens (primary N) is 1. The van der Waals surface area contributed by atoms with E-state index in [9.17, 15) is 5.11 Å². The molecule has 0 saturated carbocycles. The Hall–Kier alpha value is -0.160. The molecule has 1 aliphatic rings. The molecule has 1 fully saturated rings. The third kappa shape index (κ3) is 2.40. The molecule has 4 heteroatoms. The molecule has 0 amide bonds. The Morgan fingerprint density at radius 3 is 2.85 bits per heavy atom. The average molecular weight is 189 g/mol. The summed E-state index contributed by atoms with van der Waals surface area (Å²) in [6.07, 6.45) is 2.34. The Labute approximate surface area is 79.0 Å². The highest BCUT2D eigenvalue weighted by Crippen LogP contribution is 2.28. The molecule has 78 valence electrons. The number of hydrogen-bond donors (Lipinski definition) is 2. The van der Waals surface area contributed by atoms with Crippen molar-refractivity contribution in [1.29, 1.82) is 0 Å². The van der Waals surface area contributed by atoms with Crippen LogP contribution in [0.2, 0.25) is 0 Å². The third-order valence-electron chi connectivity index (χ3n) is 2.60. The fourth-order valence-electron chi connectivity index (χ4n) is 1.81. The lowest BCUT2D eigenvalue weighted by Gasteiger charge is -2.39. The SMILES string of the molecule is COCC1([C@H](O)CN)CCCCO1. The number of hydrogen-bond acceptors (Lipinski definition) is 4. The zero-order chi connectivity index (χ0) is 9.73. The molecular weight excluding hydrogens is 170 g/mol. The van der Waals surface area contributed by atoms with Crippen LogP contribution < -0.4 is 5.73 Å². The summed E-state index contributed by atoms with van der Waals surface area (Å²) in [5.41, 5.74) is 4.88. The summed E-state index contributed by atoms with van der Waals surface area (Å²) < 4.78 is 10.7. The lowest BCUT2D eigenvalue weighted by atomic mass is 9.89. The molecule has 1 heterocycles. The topological polar surface area (TPSA) is 64.7 Å². The van der Waals surface area contributed by atoms with E-state index < -0.39 is 11.7 Å². The summed E-state index contributed by atoms with van der Waals surface area (Å²) in [6.45, 7) is 1.34. The minimum Gasteiger partial charge on any atom is -0.389 e. The van der Waals surface area contributed by atoms with Crippen LogP contribution in [-0.4, -0.2) is 43.7 Å². The van der Waals surface area contributed by atoms with Crippen molar-refractivity contribution in [2.45, 2.75) is 31.0 Å². The standard InChI is InChI=1S/C9H19NO3/c1-12-7-9(8(11)6-10)4-2-3-5-13-9/h8,11H,2-7,10H2,1H3/t8-,9?/m1/s1. The normalized spacial score (nSPS) is 31.6. The van der Waals surface area contributed by atoms with Crippen molar-refractivity contribution in [3.05, 3.63) is 0 Å². The molecule has 1 saturated heterocycles. The van der Waals surface area contributed by atoms with Crippen LogP contribution in [0, 0.1) is 0 Å². The van der Waals surface area contributed by atoms with Crippen LogP contribution in [0.25, 0.3) is 0 Å². The van der Waals surface area contributed by atoms with Crippen LogP contribution in [0.3, 0.4) is 0 Å². The second kappa shape index (κ2) is 4.91. The molecule has 0 spiro atoms. The van der Waals surface area contributed by atoms with Gasteiger partial charge in [0.15, 0.2) is 0 Å². The van der Waals surface area contributed by atoms with Crippen LogP contribution in [0.4, 0.5) is 0 Å². The van der Waals surface area contributed by atoms with Crippen molar-refractivity contribution in [2.75, 3.05) is 26.9 Å². The number of aliphatic hydroxyl groups is 1. The van der Waals surface area contributed by atoms with Crippen molar-refractivity contribution >= 4 is 0 Å². The predicted octanol–water partition coefficient (Wildman–Crippen LogP) is -0.108. The van der Waals surface area contributed by atoms with Gasteiger partial charge in [-0.3, -0.25) is 0 Å². The van der Waals surface area contributed by atoms with Crippen molar-refractivity contribution in [2.24, 2.45) is 5.73 Å². The van der Waals surface area contributed by atoms with Crippen LogP contribution in [-0.2, 0) is 9.47 Å². The fraction of sp³-hybridized carbons (Fsp3) is 1.00. The molecule has 1 aliphatic heterocycles. The van der Waals surface area contributed by atoms with Gasteiger partial charge in [0.2, 0.25) is 0 Å². The quantitative estimate of drug-likeness (QED) is 0.647. The monoisotopic (exact) mass is 189 g/mol. The highest BCUT2D eigenvalue weighted by Gasteiger charge is 2.39. The van der Waals surface area contributed by atoms with E-state index in [0.29, 0.717) is 13.2 Å². The van der Waals surface area contributed by atoms with E-state index >= 15 is 0 Å². The van der Waals surface area contributed by atoms with Crippen LogP contribution in [0.5, 0.6) is 0 Å². The van der Waals surface area contributed by atoms with Crippen LogP contribution in [0.1, 0.15) is 19.3 Å². The van der Waals surface area contributed by atoms with Gasteiger partial charge >= 0.3 is 0 Å². The molecule has 3 N–H and O–H groups in total. The summed E-state index contributed by atoms with van der Waals surface area (Å²) in [4.78, 5) is 0. The molecule has 0 aromatic heterocycles. The first-order chi connectivity index (χ1) is 6.25. The van der Waals surface area contributed by atoms with Gasteiger partial charge in [-0.2, -0.15) is 0 Å². The molecule has 0 aliphatic carbocycles. The molecule has 4 nitrogen and oxygen atoms in total. The number of methoxy groups -OCH3 is 1. The van der Waals surface area contributed by atoms with Gasteiger partial charge < -0.3 is 20.3 Å². The maximum Gasteiger partial charge on any atom is 0.118 e. The van der Waals surface area contributed by atoms with Gasteiger partial charge in [0.25, 0.3) is 0 Å². The zero-order valence-corrected chi connectivity index (χ0v) is 8.16. The van der Waals surface area contributed by atoms with Gasteiger partial charge in [-0.05, 0) is 19.3 Å². The molecule has 1 unspecified atom stereocenters. The first-order valence-corrected chi connectivity index (χ1v) is 4.76. The summed E-state index contributed by atoms with van der Waals surface area (Å²) in [5, 5.41) is 9.73. The second-order valence-corrected chi connectivity index (χ2v) is 3.55. The number of ether oxygens (including phenoxy) is 2. The van der Waals surface area contributed by atoms with Crippen LogP contribution in [0.15, 0.2) is 0 Å². The van der Waals surface area contributed by atoms with E-state index in [1.165, 1.54) is 0 Å². The van der Waals surface area contributed by atoms with Crippen molar-refractivity contribution in [1.82, 2.24) is 0 Å². The number of rotatable bonds is 4. The Morgan fingerprint density at radius 1 is 1.62 bits per heavy atom. The summed E-state index contributed by atoms with van der Waals surface area (Å²) in [7, 11) is 1.61. The highest BCUT2D eigenvalue weighted by atomic mass is 16.5. The lowest BCUT2D eigenvalue weighted by molar-refractivity contribution is -0.171. The molecule has 2 atom stereocenters. The van der Waals surface area contributed by atoms with Gasteiger partial charge in [0, 0.05) is 20.3 Å². The summed E-state index contributed by atoms with van der Waals surface area (Å²) in [5.74, 6) is 0. The third-order valence-corrected chi connectivity index (χ3v) is 2.60. The summed E-state index contributed by atoms with van der Waals surface area (Å²) >= 11 is 0. The maximum atomic E-state index is 9.73. The maximum absolute atomic E-state index is 9.73. The minimum atomic E-state index is -0.618. The molecule has 0 radical (unpaired) electrons. The first kappa shape index (κ1) is 10.9. The molecule has 0 aromatic carbocycles. The predicted molar refractivity (Wildman–Crippen MR) is 49.5 cm³/mol. The van der Waals surface area contributed by atoms with Gasteiger partial charge in [-0.15, -0.1) is 0 Å². The second-order valence-electron chi connectivity index (χ2n) is 3.55. The van der Waals surface area contributed by atoms with E-state index in [0.717, 1.165) is 19.3 Å². The average Bonchev–Trinajstić information content (AvgIpc) is 2.18. The van der Waals surface area contributed by atoms with Crippen molar-refractivity contribution < 1.29 is 14.6 Å². The van der Waals surface area contributed by atoms with E-state index in [2.05, 4.69) is 0 Å². The Balaban J connectivity index is 2.60. The minimum absolute atomic E-state index is 0.226. The summed E-state index contributed by atoms with van der Waals surface area (Å²) in [6, 6.07) is 0. The number of aliphatic hydroxyl groups excluding tert-OH is 1. The van der Waals surface area contributed by atoms with Crippen LogP contribution >= 0.6 is 0 Å². The van der Waals surface area contributed by atoms with E-state index in [-0.39, 0.29) is 6.54 Å². The van der Waals surface area contributed by atoms with Gasteiger partial charge in [0.1, 0.15) is 5.60 Å². The van der Waals surface area contributed by atoms with Crippen molar-refractivity contribution in [3.63, 3.8) is 0 Å². The largest absolute Gasteiger partial charge is 0.389 e. The van der Waals surface area contributed by atoms with Gasteiger partial charge in [0.05, 0.1) is 12.7 Å². The Kier molecular flexibility index (Phi) is 4.12. The highest BCUT2D eigenvalue weighted by molar-refractivity contribution is 4.91. The van der Waals surface area contributed by atoms with Gasteiger partial charge in [-0.1, -0.05) is 0 Å². The van der Waals surface area contributed by atoms with E-state index in [1.807, 2.05) is 0 Å². The van der Waals surface area contributed by atoms with E-state index in [1.54, 1.807) is 7.11 Å². The zero-order valence-electron chi connectivity index (χ0n) is 8.16.